The van der Waals surface area contributed by atoms with Gasteiger partial charge in [-0.1, -0.05) is 6.92 Å². The van der Waals surface area contributed by atoms with E-state index in [9.17, 15) is 4.79 Å². The number of hydrogen-bond donors (Lipinski definition) is 1. The summed E-state index contributed by atoms with van der Waals surface area (Å²) in [5.74, 6) is 0.707. The minimum absolute atomic E-state index is 0.0516. The van der Waals surface area contributed by atoms with Gasteiger partial charge in [0.15, 0.2) is 0 Å². The van der Waals surface area contributed by atoms with Gasteiger partial charge in [0.05, 0.1) is 0 Å². The number of benzene rings is 1. The minimum atomic E-state index is 0.0516. The average Bonchev–Trinajstić information content (AvgIpc) is 2.82. The third-order valence-electron chi connectivity index (χ3n) is 2.53. The molecule has 2 unspecified atom stereocenters. The lowest BCUT2D eigenvalue weighted by Gasteiger charge is -2.03. The van der Waals surface area contributed by atoms with E-state index in [1.807, 2.05) is 24.3 Å². The second-order valence-corrected chi connectivity index (χ2v) is 5.05. The third-order valence-corrected chi connectivity index (χ3v) is 3.25. The molecule has 0 saturated heterocycles. The van der Waals surface area contributed by atoms with Gasteiger partial charge in [-0.15, -0.1) is 0 Å². The quantitative estimate of drug-likeness (QED) is 0.835. The molecule has 0 aliphatic heterocycles. The van der Waals surface area contributed by atoms with Crippen molar-refractivity contribution in [1.29, 1.82) is 0 Å². The SMILES string of the molecule is CC1CC1NC(=O)c1ccc(I)cc1. The van der Waals surface area contributed by atoms with Gasteiger partial charge in [-0.3, -0.25) is 4.79 Å². The molecule has 1 aliphatic rings. The molecule has 1 aromatic rings. The summed E-state index contributed by atoms with van der Waals surface area (Å²) in [6.45, 7) is 2.15. The van der Waals surface area contributed by atoms with Gasteiger partial charge in [0.1, 0.15) is 0 Å². The number of amides is 1. The van der Waals surface area contributed by atoms with Crippen LogP contribution in [-0.2, 0) is 0 Å². The van der Waals surface area contributed by atoms with Crippen LogP contribution in [0.15, 0.2) is 24.3 Å². The maximum Gasteiger partial charge on any atom is 0.251 e. The normalized spacial score (nSPS) is 24.4. The van der Waals surface area contributed by atoms with E-state index in [1.54, 1.807) is 0 Å². The Labute approximate surface area is 97.2 Å². The largest absolute Gasteiger partial charge is 0.349 e. The lowest BCUT2D eigenvalue weighted by molar-refractivity contribution is 0.0949. The van der Waals surface area contributed by atoms with E-state index in [2.05, 4.69) is 34.8 Å². The maximum absolute atomic E-state index is 11.6. The predicted octanol–water partition coefficient (Wildman–Crippen LogP) is 2.43. The summed E-state index contributed by atoms with van der Waals surface area (Å²) >= 11 is 2.23. The van der Waals surface area contributed by atoms with E-state index in [4.69, 9.17) is 0 Å². The van der Waals surface area contributed by atoms with Crippen molar-refractivity contribution >= 4 is 28.5 Å². The van der Waals surface area contributed by atoms with E-state index in [0.717, 1.165) is 15.6 Å². The number of carbonyl (C=O) groups excluding carboxylic acids is 1. The second kappa shape index (κ2) is 3.88. The van der Waals surface area contributed by atoms with Crippen LogP contribution in [0.4, 0.5) is 0 Å². The molecule has 3 heteroatoms. The first-order valence-corrected chi connectivity index (χ1v) is 5.81. The van der Waals surface area contributed by atoms with E-state index in [1.165, 1.54) is 0 Å². The van der Waals surface area contributed by atoms with Gasteiger partial charge in [0, 0.05) is 15.2 Å². The highest BCUT2D eigenvalue weighted by atomic mass is 127. The van der Waals surface area contributed by atoms with Crippen molar-refractivity contribution in [3.8, 4) is 0 Å². The molecular formula is C11H12INO. The Morgan fingerprint density at radius 3 is 2.50 bits per heavy atom. The van der Waals surface area contributed by atoms with Crippen LogP contribution in [0.5, 0.6) is 0 Å². The number of rotatable bonds is 2. The monoisotopic (exact) mass is 301 g/mol. The smallest absolute Gasteiger partial charge is 0.251 e. The lowest BCUT2D eigenvalue weighted by atomic mass is 10.2. The molecular weight excluding hydrogens is 289 g/mol. The maximum atomic E-state index is 11.6. The summed E-state index contributed by atoms with van der Waals surface area (Å²) in [6, 6.07) is 8.04. The molecule has 0 bridgehead atoms. The molecule has 0 heterocycles. The number of halogens is 1. The number of carbonyl (C=O) groups is 1. The van der Waals surface area contributed by atoms with Crippen LogP contribution in [0.1, 0.15) is 23.7 Å². The molecule has 0 spiro atoms. The standard InChI is InChI=1S/C11H12INO/c1-7-6-10(7)13-11(14)8-2-4-9(12)5-3-8/h2-5,7,10H,6H2,1H3,(H,13,14). The topological polar surface area (TPSA) is 29.1 Å². The Morgan fingerprint density at radius 2 is 2.00 bits per heavy atom. The molecule has 1 amide bonds. The Morgan fingerprint density at radius 1 is 1.43 bits per heavy atom. The van der Waals surface area contributed by atoms with Crippen LogP contribution in [0.2, 0.25) is 0 Å². The highest BCUT2D eigenvalue weighted by molar-refractivity contribution is 14.1. The fraction of sp³-hybridized carbons (Fsp3) is 0.364. The zero-order valence-corrected chi connectivity index (χ0v) is 10.1. The fourth-order valence-electron chi connectivity index (χ4n) is 1.38. The molecule has 0 aromatic heterocycles. The van der Waals surface area contributed by atoms with E-state index < -0.39 is 0 Å². The van der Waals surface area contributed by atoms with Crippen LogP contribution in [0, 0.1) is 9.49 Å². The zero-order chi connectivity index (χ0) is 10.1. The minimum Gasteiger partial charge on any atom is -0.349 e. The van der Waals surface area contributed by atoms with Crippen LogP contribution in [0.3, 0.4) is 0 Å². The molecule has 1 N–H and O–H groups in total. The van der Waals surface area contributed by atoms with E-state index >= 15 is 0 Å². The van der Waals surface area contributed by atoms with Gasteiger partial charge >= 0.3 is 0 Å². The molecule has 1 fully saturated rings. The third kappa shape index (κ3) is 2.26. The summed E-state index contributed by atoms with van der Waals surface area (Å²) < 4.78 is 1.15. The molecule has 2 rings (SSSR count). The molecule has 2 nitrogen and oxygen atoms in total. The van der Waals surface area contributed by atoms with Crippen LogP contribution < -0.4 is 5.32 Å². The van der Waals surface area contributed by atoms with Gasteiger partial charge in [0.2, 0.25) is 0 Å². The second-order valence-electron chi connectivity index (χ2n) is 3.80. The number of nitrogens with one attached hydrogen (secondary N) is 1. The molecule has 14 heavy (non-hydrogen) atoms. The number of hydrogen-bond acceptors (Lipinski definition) is 1. The van der Waals surface area contributed by atoms with Crippen molar-refractivity contribution in [3.63, 3.8) is 0 Å². The predicted molar refractivity (Wildman–Crippen MR) is 64.2 cm³/mol. The van der Waals surface area contributed by atoms with Crippen molar-refractivity contribution in [2.24, 2.45) is 5.92 Å². The van der Waals surface area contributed by atoms with Crippen LogP contribution in [-0.4, -0.2) is 11.9 Å². The first-order valence-electron chi connectivity index (χ1n) is 4.73. The van der Waals surface area contributed by atoms with Crippen molar-refractivity contribution in [3.05, 3.63) is 33.4 Å². The van der Waals surface area contributed by atoms with Gasteiger partial charge in [-0.2, -0.15) is 0 Å². The Kier molecular flexibility index (Phi) is 2.76. The Hall–Kier alpha value is -0.580. The first kappa shape index (κ1) is 9.96. The van der Waals surface area contributed by atoms with Crippen molar-refractivity contribution in [2.45, 2.75) is 19.4 Å². The molecule has 1 aromatic carbocycles. The highest BCUT2D eigenvalue weighted by Crippen LogP contribution is 2.29. The van der Waals surface area contributed by atoms with Crippen LogP contribution in [0.25, 0.3) is 0 Å². The summed E-state index contributed by atoms with van der Waals surface area (Å²) in [7, 11) is 0. The fourth-order valence-corrected chi connectivity index (χ4v) is 1.74. The first-order chi connectivity index (χ1) is 6.66. The van der Waals surface area contributed by atoms with Gasteiger partial charge in [0.25, 0.3) is 5.91 Å². The van der Waals surface area contributed by atoms with Crippen molar-refractivity contribution in [1.82, 2.24) is 5.32 Å². The van der Waals surface area contributed by atoms with Crippen molar-refractivity contribution in [2.75, 3.05) is 0 Å². The van der Waals surface area contributed by atoms with Crippen molar-refractivity contribution < 1.29 is 4.79 Å². The molecule has 2 atom stereocenters. The summed E-state index contributed by atoms with van der Waals surface area (Å²) in [4.78, 5) is 11.6. The molecule has 0 radical (unpaired) electrons. The van der Waals surface area contributed by atoms with E-state index in [-0.39, 0.29) is 5.91 Å². The van der Waals surface area contributed by atoms with E-state index in [0.29, 0.717) is 12.0 Å². The highest BCUT2D eigenvalue weighted by Gasteiger charge is 2.33. The molecule has 1 aliphatic carbocycles. The lowest BCUT2D eigenvalue weighted by Crippen LogP contribution is -2.26. The van der Waals surface area contributed by atoms with Crippen LogP contribution >= 0.6 is 22.6 Å². The summed E-state index contributed by atoms with van der Waals surface area (Å²) in [5, 5.41) is 3.00. The Bertz CT molecular complexity index is 347. The average molecular weight is 301 g/mol. The van der Waals surface area contributed by atoms with Gasteiger partial charge in [-0.25, -0.2) is 0 Å². The molecule has 74 valence electrons. The molecule has 1 saturated carbocycles. The summed E-state index contributed by atoms with van der Waals surface area (Å²) in [5.41, 5.74) is 0.754. The van der Waals surface area contributed by atoms with Gasteiger partial charge < -0.3 is 5.32 Å². The van der Waals surface area contributed by atoms with Gasteiger partial charge in [-0.05, 0) is 59.2 Å². The Balaban J connectivity index is 2.00. The summed E-state index contributed by atoms with van der Waals surface area (Å²) in [6.07, 6.45) is 1.12. The zero-order valence-electron chi connectivity index (χ0n) is 7.96.